The van der Waals surface area contributed by atoms with Crippen molar-refractivity contribution in [2.45, 2.75) is 43.8 Å². The van der Waals surface area contributed by atoms with Crippen LogP contribution in [0.4, 0.5) is 0 Å². The molecule has 0 aromatic carbocycles. The number of aliphatic carboxylic acids is 2. The molecule has 2 fully saturated rings. The largest absolute Gasteiger partial charge is 0.481 e. The maximum absolute atomic E-state index is 10.9. The Morgan fingerprint density at radius 1 is 1.22 bits per heavy atom. The average molecular weight is 290 g/mol. The summed E-state index contributed by atoms with van der Waals surface area (Å²) < 4.78 is 0. The minimum atomic E-state index is -0.823. The van der Waals surface area contributed by atoms with Gasteiger partial charge >= 0.3 is 11.9 Å². The van der Waals surface area contributed by atoms with E-state index in [0.717, 1.165) is 24.5 Å². The van der Waals surface area contributed by atoms with E-state index in [9.17, 15) is 9.59 Å². The topological polar surface area (TPSA) is 74.6 Å². The van der Waals surface area contributed by atoms with E-state index in [2.05, 4.69) is 0 Å². The first-order chi connectivity index (χ1) is 8.52. The summed E-state index contributed by atoms with van der Waals surface area (Å²) in [5, 5.41) is 17.8. The van der Waals surface area contributed by atoms with Crippen LogP contribution in [0, 0.1) is 11.3 Å². The van der Waals surface area contributed by atoms with Crippen LogP contribution in [0.1, 0.15) is 38.5 Å². The van der Waals surface area contributed by atoms with Crippen molar-refractivity contribution in [3.8, 4) is 0 Å². The number of rotatable bonds is 9. The Morgan fingerprint density at radius 2 is 1.89 bits per heavy atom. The molecule has 0 heterocycles. The van der Waals surface area contributed by atoms with Gasteiger partial charge in [-0.15, -0.1) is 0 Å². The molecule has 0 aromatic rings. The van der Waals surface area contributed by atoms with Gasteiger partial charge in [-0.25, -0.2) is 0 Å². The first-order valence-corrected chi connectivity index (χ1v) is 8.62. The highest BCUT2D eigenvalue weighted by molar-refractivity contribution is 8.77. The summed E-state index contributed by atoms with van der Waals surface area (Å²) in [7, 11) is 3.33. The van der Waals surface area contributed by atoms with Gasteiger partial charge in [-0.05, 0) is 37.0 Å². The summed E-state index contributed by atoms with van der Waals surface area (Å²) >= 11 is 0. The van der Waals surface area contributed by atoms with E-state index in [1.165, 1.54) is 12.8 Å². The second-order valence-electron chi connectivity index (χ2n) is 5.34. The van der Waals surface area contributed by atoms with Gasteiger partial charge in [-0.3, -0.25) is 9.59 Å². The van der Waals surface area contributed by atoms with Crippen molar-refractivity contribution in [2.24, 2.45) is 11.3 Å². The van der Waals surface area contributed by atoms with Gasteiger partial charge in [0.1, 0.15) is 0 Å². The molecular weight excluding hydrogens is 272 g/mol. The molecule has 1 unspecified atom stereocenters. The fourth-order valence-electron chi connectivity index (χ4n) is 2.09. The standard InChI is InChI=1S/C12H18O4S2/c13-10(14)5-9(18-17-7-8-1-2-8)12(3-4-12)6-11(15)16/h8-9H,1-7H2,(H,13,14)(H,15,16). The van der Waals surface area contributed by atoms with Gasteiger partial charge in [0.25, 0.3) is 0 Å². The van der Waals surface area contributed by atoms with Crippen molar-refractivity contribution in [3.63, 3.8) is 0 Å². The van der Waals surface area contributed by atoms with Crippen molar-refractivity contribution >= 4 is 33.5 Å². The van der Waals surface area contributed by atoms with Crippen molar-refractivity contribution in [3.05, 3.63) is 0 Å². The summed E-state index contributed by atoms with van der Waals surface area (Å²) in [5.74, 6) is 0.249. The normalized spacial score (nSPS) is 22.4. The Hall–Kier alpha value is -0.360. The zero-order valence-electron chi connectivity index (χ0n) is 10.1. The van der Waals surface area contributed by atoms with E-state index < -0.39 is 11.9 Å². The van der Waals surface area contributed by atoms with Gasteiger partial charge in [0.15, 0.2) is 0 Å². The van der Waals surface area contributed by atoms with Crippen LogP contribution in [0.15, 0.2) is 0 Å². The second kappa shape index (κ2) is 5.74. The maximum Gasteiger partial charge on any atom is 0.304 e. The monoisotopic (exact) mass is 290 g/mol. The van der Waals surface area contributed by atoms with Crippen molar-refractivity contribution in [1.29, 1.82) is 0 Å². The fraction of sp³-hybridized carbons (Fsp3) is 0.833. The van der Waals surface area contributed by atoms with Gasteiger partial charge < -0.3 is 10.2 Å². The molecule has 0 bridgehead atoms. The molecule has 0 amide bonds. The van der Waals surface area contributed by atoms with Gasteiger partial charge in [0.05, 0.1) is 12.8 Å². The van der Waals surface area contributed by atoms with Crippen LogP contribution >= 0.6 is 21.6 Å². The third kappa shape index (κ3) is 4.09. The Labute approximate surface area is 114 Å². The lowest BCUT2D eigenvalue weighted by Gasteiger charge is -2.23. The van der Waals surface area contributed by atoms with Crippen LogP contribution in [0.25, 0.3) is 0 Å². The highest BCUT2D eigenvalue weighted by Gasteiger charge is 2.51. The van der Waals surface area contributed by atoms with E-state index in [4.69, 9.17) is 10.2 Å². The van der Waals surface area contributed by atoms with Crippen LogP contribution in [0.3, 0.4) is 0 Å². The highest BCUT2D eigenvalue weighted by atomic mass is 33.1. The maximum atomic E-state index is 10.9. The quantitative estimate of drug-likeness (QED) is 0.636. The molecule has 0 spiro atoms. The summed E-state index contributed by atoms with van der Waals surface area (Å²) in [6.45, 7) is 0. The predicted molar refractivity (Wildman–Crippen MR) is 72.7 cm³/mol. The van der Waals surface area contributed by atoms with Crippen molar-refractivity contribution in [2.75, 3.05) is 5.75 Å². The van der Waals surface area contributed by atoms with Crippen LogP contribution < -0.4 is 0 Å². The van der Waals surface area contributed by atoms with Crippen molar-refractivity contribution in [1.82, 2.24) is 0 Å². The lowest BCUT2D eigenvalue weighted by atomic mass is 9.95. The lowest BCUT2D eigenvalue weighted by Crippen LogP contribution is -2.24. The molecule has 0 aromatic heterocycles. The summed E-state index contributed by atoms with van der Waals surface area (Å²) in [6.07, 6.45) is 4.48. The first kappa shape index (κ1) is 14.1. The number of hydrogen-bond donors (Lipinski definition) is 2. The van der Waals surface area contributed by atoms with E-state index >= 15 is 0 Å². The van der Waals surface area contributed by atoms with Crippen LogP contribution in [0.5, 0.6) is 0 Å². The molecule has 102 valence electrons. The molecule has 0 saturated heterocycles. The summed E-state index contributed by atoms with van der Waals surface area (Å²) in [5.41, 5.74) is -0.258. The van der Waals surface area contributed by atoms with Crippen LogP contribution in [-0.2, 0) is 9.59 Å². The van der Waals surface area contributed by atoms with Gasteiger partial charge in [-0.1, -0.05) is 21.6 Å². The molecule has 2 aliphatic carbocycles. The lowest BCUT2D eigenvalue weighted by molar-refractivity contribution is -0.140. The number of carboxylic acids is 2. The zero-order chi connectivity index (χ0) is 13.2. The number of carboxylic acid groups (broad SMARTS) is 2. The van der Waals surface area contributed by atoms with E-state index in [1.807, 2.05) is 0 Å². The highest BCUT2D eigenvalue weighted by Crippen LogP contribution is 2.58. The molecule has 2 N–H and O–H groups in total. The van der Waals surface area contributed by atoms with Gasteiger partial charge in [0, 0.05) is 11.0 Å². The molecule has 0 radical (unpaired) electrons. The molecule has 18 heavy (non-hydrogen) atoms. The fourth-order valence-corrected chi connectivity index (χ4v) is 5.71. The molecule has 2 aliphatic rings. The van der Waals surface area contributed by atoms with Gasteiger partial charge in [0.2, 0.25) is 0 Å². The molecule has 1 atom stereocenters. The Balaban J connectivity index is 1.86. The smallest absolute Gasteiger partial charge is 0.304 e. The predicted octanol–water partition coefficient (Wildman–Crippen LogP) is 2.88. The SMILES string of the molecule is O=C(O)CC(SSCC1CC1)C1(CC(=O)O)CC1. The first-order valence-electron chi connectivity index (χ1n) is 6.24. The number of carbonyl (C=O) groups is 2. The minimum Gasteiger partial charge on any atom is -0.481 e. The van der Waals surface area contributed by atoms with Crippen LogP contribution in [-0.4, -0.2) is 33.2 Å². The summed E-state index contributed by atoms with van der Waals surface area (Å²) in [4.78, 5) is 21.8. The van der Waals surface area contributed by atoms with E-state index in [0.29, 0.717) is 0 Å². The van der Waals surface area contributed by atoms with Crippen LogP contribution in [0.2, 0.25) is 0 Å². The van der Waals surface area contributed by atoms with E-state index in [-0.39, 0.29) is 23.5 Å². The molecule has 2 rings (SSSR count). The minimum absolute atomic E-state index is 0.0603. The second-order valence-corrected chi connectivity index (χ2v) is 7.96. The average Bonchev–Trinajstić information content (AvgIpc) is 3.10. The third-order valence-corrected chi connectivity index (χ3v) is 6.78. The Kier molecular flexibility index (Phi) is 4.48. The summed E-state index contributed by atoms with van der Waals surface area (Å²) in [6, 6.07) is 0. The number of hydrogen-bond acceptors (Lipinski definition) is 4. The van der Waals surface area contributed by atoms with Crippen molar-refractivity contribution < 1.29 is 19.8 Å². The Morgan fingerprint density at radius 3 is 2.33 bits per heavy atom. The Bertz CT molecular complexity index is 337. The molecule has 2 saturated carbocycles. The molecule has 0 aliphatic heterocycles. The molecule has 6 heteroatoms. The van der Waals surface area contributed by atoms with E-state index in [1.54, 1.807) is 21.6 Å². The van der Waals surface area contributed by atoms with Gasteiger partial charge in [-0.2, -0.15) is 0 Å². The molecule has 4 nitrogen and oxygen atoms in total. The molecular formula is C12H18O4S2. The third-order valence-electron chi connectivity index (χ3n) is 3.62. The zero-order valence-corrected chi connectivity index (χ0v) is 11.8.